The highest BCUT2D eigenvalue weighted by atomic mass is 28.4. The van der Waals surface area contributed by atoms with E-state index in [1.807, 2.05) is 0 Å². The van der Waals surface area contributed by atoms with Crippen LogP contribution in [0.15, 0.2) is 0 Å². The van der Waals surface area contributed by atoms with Crippen LogP contribution in [-0.2, 0) is 22.8 Å². The molecule has 0 amide bonds. The fourth-order valence-electron chi connectivity index (χ4n) is 2.31. The smallest absolute Gasteiger partial charge is 0.372 e. The summed E-state index contributed by atoms with van der Waals surface area (Å²) in [5, 5.41) is 0. The number of rotatable bonds is 15. The van der Waals surface area contributed by atoms with Crippen LogP contribution < -0.4 is 0 Å². The van der Waals surface area contributed by atoms with E-state index in [1.165, 1.54) is 0 Å². The lowest BCUT2D eigenvalue weighted by atomic mass is 10.1. The van der Waals surface area contributed by atoms with E-state index in [0.29, 0.717) is 32.3 Å². The van der Waals surface area contributed by atoms with Gasteiger partial charge in [-0.15, -0.1) is 0 Å². The van der Waals surface area contributed by atoms with E-state index >= 15 is 0 Å². The summed E-state index contributed by atoms with van der Waals surface area (Å²) < 4.78 is 30.3. The van der Waals surface area contributed by atoms with Crippen molar-refractivity contribution in [3.63, 3.8) is 0 Å². The molecule has 6 heteroatoms. The van der Waals surface area contributed by atoms with E-state index in [4.69, 9.17) is 22.8 Å². The van der Waals surface area contributed by atoms with Gasteiger partial charge in [-0.2, -0.15) is 0 Å². The molecule has 1 aliphatic heterocycles. The van der Waals surface area contributed by atoms with Crippen molar-refractivity contribution in [1.82, 2.24) is 0 Å². The standard InChI is InChI=1S/C17H36O5Si/c1-6-10-20-23(21-11-7-2,22-12-8-3)17(15(5)9-4)19-14-16-13-18-16/h15-17H,6-14H2,1-5H3. The largest absolute Gasteiger partial charge is 0.531 e. The molecule has 0 N–H and O–H groups in total. The zero-order valence-electron chi connectivity index (χ0n) is 15.6. The summed E-state index contributed by atoms with van der Waals surface area (Å²) in [6, 6.07) is 0. The Balaban J connectivity index is 2.91. The summed E-state index contributed by atoms with van der Waals surface area (Å²) >= 11 is 0. The molecule has 0 aromatic rings. The molecule has 1 rings (SSSR count). The van der Waals surface area contributed by atoms with Crippen molar-refractivity contribution in [3.05, 3.63) is 0 Å². The Morgan fingerprint density at radius 2 is 1.43 bits per heavy atom. The van der Waals surface area contributed by atoms with Gasteiger partial charge in [0.05, 0.1) is 13.2 Å². The van der Waals surface area contributed by atoms with Gasteiger partial charge in [0.1, 0.15) is 11.8 Å². The fraction of sp³-hybridized carbons (Fsp3) is 1.00. The number of epoxide rings is 1. The zero-order chi connectivity index (χ0) is 17.1. The Kier molecular flexibility index (Phi) is 10.6. The van der Waals surface area contributed by atoms with E-state index in [2.05, 4.69) is 34.6 Å². The van der Waals surface area contributed by atoms with Gasteiger partial charge >= 0.3 is 8.80 Å². The summed E-state index contributed by atoms with van der Waals surface area (Å²) in [5.41, 5.74) is -0.124. The first-order valence-corrected chi connectivity index (χ1v) is 11.1. The first-order chi connectivity index (χ1) is 11.1. The molecule has 0 aromatic carbocycles. The second-order valence-corrected chi connectivity index (χ2v) is 8.89. The maximum Gasteiger partial charge on any atom is 0.531 e. The lowest BCUT2D eigenvalue weighted by Gasteiger charge is -2.38. The Morgan fingerprint density at radius 3 is 1.78 bits per heavy atom. The van der Waals surface area contributed by atoms with Gasteiger partial charge < -0.3 is 22.8 Å². The van der Waals surface area contributed by atoms with E-state index < -0.39 is 8.80 Å². The molecule has 1 aliphatic rings. The predicted molar refractivity (Wildman–Crippen MR) is 93.4 cm³/mol. The van der Waals surface area contributed by atoms with Gasteiger partial charge in [0.15, 0.2) is 0 Å². The molecule has 1 heterocycles. The summed E-state index contributed by atoms with van der Waals surface area (Å²) in [6.45, 7) is 14.0. The van der Waals surface area contributed by atoms with Crippen LogP contribution in [0.3, 0.4) is 0 Å². The molecule has 3 atom stereocenters. The third kappa shape index (κ3) is 7.19. The van der Waals surface area contributed by atoms with Crippen molar-refractivity contribution in [3.8, 4) is 0 Å². The van der Waals surface area contributed by atoms with Gasteiger partial charge in [0.2, 0.25) is 0 Å². The molecule has 3 unspecified atom stereocenters. The monoisotopic (exact) mass is 348 g/mol. The average molecular weight is 349 g/mol. The van der Waals surface area contributed by atoms with Gasteiger partial charge in [-0.05, 0) is 25.2 Å². The second-order valence-electron chi connectivity index (χ2n) is 6.24. The van der Waals surface area contributed by atoms with Crippen molar-refractivity contribution in [2.45, 2.75) is 72.1 Å². The van der Waals surface area contributed by atoms with E-state index in [9.17, 15) is 0 Å². The number of hydrogen-bond donors (Lipinski definition) is 0. The molecule has 5 nitrogen and oxygen atoms in total. The maximum atomic E-state index is 6.25. The lowest BCUT2D eigenvalue weighted by Crippen LogP contribution is -2.60. The SMILES string of the molecule is CCCO[Si](OCCC)(OCCC)C(OCC1CO1)C(C)CC. The quantitative estimate of drug-likeness (QED) is 0.334. The summed E-state index contributed by atoms with van der Waals surface area (Å²) in [6.07, 6.45) is 4.07. The summed E-state index contributed by atoms with van der Waals surface area (Å²) in [5.74, 6) is 0.325. The van der Waals surface area contributed by atoms with Gasteiger partial charge in [0.25, 0.3) is 0 Å². The molecular formula is C17H36O5Si. The molecule has 0 bridgehead atoms. The van der Waals surface area contributed by atoms with Crippen molar-refractivity contribution < 1.29 is 22.8 Å². The molecule has 0 aliphatic carbocycles. The molecule has 23 heavy (non-hydrogen) atoms. The van der Waals surface area contributed by atoms with Crippen molar-refractivity contribution >= 4 is 8.80 Å². The zero-order valence-corrected chi connectivity index (χ0v) is 16.6. The van der Waals surface area contributed by atoms with Crippen LogP contribution in [0.4, 0.5) is 0 Å². The van der Waals surface area contributed by atoms with Gasteiger partial charge in [-0.1, -0.05) is 41.0 Å². The summed E-state index contributed by atoms with van der Waals surface area (Å²) in [7, 11) is -2.89. The highest BCUT2D eigenvalue weighted by molar-refractivity contribution is 6.62. The average Bonchev–Trinajstić information content (AvgIpc) is 3.39. The molecule has 138 valence electrons. The van der Waals surface area contributed by atoms with Crippen LogP contribution in [0, 0.1) is 5.92 Å². The fourth-order valence-corrected chi connectivity index (χ4v) is 5.75. The molecule has 1 fully saturated rings. The van der Waals surface area contributed by atoms with Crippen molar-refractivity contribution in [1.29, 1.82) is 0 Å². The maximum absolute atomic E-state index is 6.25. The minimum absolute atomic E-state index is 0.124. The number of hydrogen-bond acceptors (Lipinski definition) is 5. The molecule has 0 saturated carbocycles. The van der Waals surface area contributed by atoms with Gasteiger partial charge in [-0.25, -0.2) is 0 Å². The van der Waals surface area contributed by atoms with Crippen molar-refractivity contribution in [2.24, 2.45) is 5.92 Å². The Morgan fingerprint density at radius 1 is 0.957 bits per heavy atom. The van der Waals surface area contributed by atoms with E-state index in [-0.39, 0.29) is 11.8 Å². The normalized spacial score (nSPS) is 20.5. The Labute approximate surface area is 143 Å². The molecule has 0 radical (unpaired) electrons. The van der Waals surface area contributed by atoms with Crippen LogP contribution >= 0.6 is 0 Å². The first kappa shape index (κ1) is 21.1. The number of ether oxygens (including phenoxy) is 2. The topological polar surface area (TPSA) is 49.5 Å². The first-order valence-electron chi connectivity index (χ1n) is 9.28. The minimum Gasteiger partial charge on any atom is -0.372 e. The predicted octanol–water partition coefficient (Wildman–Crippen LogP) is 3.57. The molecule has 0 aromatic heterocycles. The third-order valence-electron chi connectivity index (χ3n) is 3.90. The lowest BCUT2D eigenvalue weighted by molar-refractivity contribution is -0.0376. The van der Waals surface area contributed by atoms with Crippen LogP contribution in [0.1, 0.15) is 60.3 Å². The third-order valence-corrected chi connectivity index (χ3v) is 7.15. The molecule has 0 spiro atoms. The van der Waals surface area contributed by atoms with E-state index in [1.54, 1.807) is 0 Å². The van der Waals surface area contributed by atoms with Crippen LogP contribution in [-0.4, -0.2) is 53.7 Å². The van der Waals surface area contributed by atoms with Crippen LogP contribution in [0.5, 0.6) is 0 Å². The Bertz CT molecular complexity index is 277. The van der Waals surface area contributed by atoms with Crippen LogP contribution in [0.2, 0.25) is 0 Å². The minimum atomic E-state index is -2.89. The van der Waals surface area contributed by atoms with E-state index in [0.717, 1.165) is 32.3 Å². The summed E-state index contributed by atoms with van der Waals surface area (Å²) in [4.78, 5) is 0. The highest BCUT2D eigenvalue weighted by Crippen LogP contribution is 2.28. The second kappa shape index (κ2) is 11.6. The van der Waals surface area contributed by atoms with Gasteiger partial charge in [-0.3, -0.25) is 0 Å². The van der Waals surface area contributed by atoms with Crippen molar-refractivity contribution in [2.75, 3.05) is 33.0 Å². The molecule has 1 saturated heterocycles. The van der Waals surface area contributed by atoms with Crippen LogP contribution in [0.25, 0.3) is 0 Å². The molecular weight excluding hydrogens is 312 g/mol. The Hall–Kier alpha value is 0.0169. The highest BCUT2D eigenvalue weighted by Gasteiger charge is 2.53. The van der Waals surface area contributed by atoms with Gasteiger partial charge in [0, 0.05) is 19.8 Å².